The van der Waals surface area contributed by atoms with Crippen LogP contribution in [0, 0.1) is 0 Å². The number of oxazole rings is 1. The molecule has 1 fully saturated rings. The van der Waals surface area contributed by atoms with Gasteiger partial charge in [0.2, 0.25) is 0 Å². The van der Waals surface area contributed by atoms with Gasteiger partial charge in [0.15, 0.2) is 12.0 Å². The molecule has 0 radical (unpaired) electrons. The Morgan fingerprint density at radius 1 is 1.00 bits per heavy atom. The zero-order valence-corrected chi connectivity index (χ0v) is 14.9. The highest BCUT2D eigenvalue weighted by Crippen LogP contribution is 2.21. The summed E-state index contributed by atoms with van der Waals surface area (Å²) >= 11 is 0. The topological polar surface area (TPSA) is 75.9 Å². The van der Waals surface area contributed by atoms with Gasteiger partial charge in [0.1, 0.15) is 11.3 Å². The maximum Gasteiger partial charge on any atom is 0.257 e. The number of benzene rings is 2. The van der Waals surface area contributed by atoms with Gasteiger partial charge in [-0.2, -0.15) is 0 Å². The van der Waals surface area contributed by atoms with Gasteiger partial charge >= 0.3 is 0 Å². The summed E-state index contributed by atoms with van der Waals surface area (Å²) in [6.07, 6.45) is 1.36. The van der Waals surface area contributed by atoms with Crippen LogP contribution in [-0.2, 0) is 0 Å². The van der Waals surface area contributed by atoms with Crippen LogP contribution in [0.25, 0.3) is 11.1 Å². The van der Waals surface area contributed by atoms with Crippen LogP contribution in [0.4, 0.5) is 0 Å². The van der Waals surface area contributed by atoms with Gasteiger partial charge in [-0.25, -0.2) is 4.98 Å². The van der Waals surface area contributed by atoms with Crippen molar-refractivity contribution in [3.8, 4) is 5.75 Å². The fourth-order valence-corrected chi connectivity index (χ4v) is 3.28. The van der Waals surface area contributed by atoms with Gasteiger partial charge in [-0.3, -0.25) is 9.59 Å². The Kier molecular flexibility index (Phi) is 4.50. The number of fused-ring (bicyclic) bond motifs is 1. The van der Waals surface area contributed by atoms with E-state index in [4.69, 9.17) is 9.15 Å². The molecule has 2 aromatic carbocycles. The van der Waals surface area contributed by atoms with Crippen molar-refractivity contribution in [2.24, 2.45) is 0 Å². The second-order valence-electron chi connectivity index (χ2n) is 6.32. The summed E-state index contributed by atoms with van der Waals surface area (Å²) in [5.41, 5.74) is 2.42. The third kappa shape index (κ3) is 3.23. The summed E-state index contributed by atoms with van der Waals surface area (Å²) in [7, 11) is 1.55. The number of piperazine rings is 1. The molecule has 1 aromatic heterocycles. The number of carbonyl (C=O) groups excluding carboxylic acids is 2. The quantitative estimate of drug-likeness (QED) is 0.713. The van der Waals surface area contributed by atoms with Crippen molar-refractivity contribution in [3.05, 3.63) is 60.0 Å². The number of aromatic nitrogens is 1. The Balaban J connectivity index is 1.43. The third-order valence-electron chi connectivity index (χ3n) is 4.77. The van der Waals surface area contributed by atoms with Crippen LogP contribution >= 0.6 is 0 Å². The van der Waals surface area contributed by atoms with E-state index in [0.29, 0.717) is 54.2 Å². The van der Waals surface area contributed by atoms with Crippen LogP contribution in [0.15, 0.2) is 53.3 Å². The van der Waals surface area contributed by atoms with E-state index in [9.17, 15) is 9.59 Å². The standard InChI is InChI=1S/C20H19N3O4/c1-26-17-5-3-2-4-15(17)20(25)23-10-8-22(9-11-23)19(24)14-6-7-18-16(12-14)21-13-27-18/h2-7,12-13H,8-11H2,1H3. The summed E-state index contributed by atoms with van der Waals surface area (Å²) < 4.78 is 10.5. The highest BCUT2D eigenvalue weighted by Gasteiger charge is 2.27. The summed E-state index contributed by atoms with van der Waals surface area (Å²) in [6.45, 7) is 1.93. The molecule has 0 saturated carbocycles. The molecule has 4 rings (SSSR count). The Morgan fingerprint density at radius 2 is 1.70 bits per heavy atom. The van der Waals surface area contributed by atoms with Crippen LogP contribution in [0.3, 0.4) is 0 Å². The van der Waals surface area contributed by atoms with Crippen LogP contribution in [-0.4, -0.2) is 59.9 Å². The minimum absolute atomic E-state index is 0.0655. The molecule has 1 aliphatic rings. The zero-order chi connectivity index (χ0) is 18.8. The lowest BCUT2D eigenvalue weighted by molar-refractivity contribution is 0.0533. The highest BCUT2D eigenvalue weighted by molar-refractivity contribution is 5.98. The van der Waals surface area contributed by atoms with Crippen molar-refractivity contribution in [1.82, 2.24) is 14.8 Å². The number of ether oxygens (including phenoxy) is 1. The smallest absolute Gasteiger partial charge is 0.257 e. The van der Waals surface area contributed by atoms with Gasteiger partial charge in [0, 0.05) is 31.7 Å². The molecule has 3 aromatic rings. The molecular formula is C20H19N3O4. The van der Waals surface area contributed by atoms with E-state index < -0.39 is 0 Å². The number of rotatable bonds is 3. The van der Waals surface area contributed by atoms with Gasteiger partial charge in [-0.1, -0.05) is 12.1 Å². The fraction of sp³-hybridized carbons (Fsp3) is 0.250. The molecule has 0 bridgehead atoms. The lowest BCUT2D eigenvalue weighted by atomic mass is 10.1. The van der Waals surface area contributed by atoms with Gasteiger partial charge in [-0.05, 0) is 30.3 Å². The normalized spacial score (nSPS) is 14.4. The second-order valence-corrected chi connectivity index (χ2v) is 6.32. The van der Waals surface area contributed by atoms with E-state index >= 15 is 0 Å². The van der Waals surface area contributed by atoms with Gasteiger partial charge < -0.3 is 19.0 Å². The Morgan fingerprint density at radius 3 is 2.44 bits per heavy atom. The molecule has 1 aliphatic heterocycles. The van der Waals surface area contributed by atoms with Crippen LogP contribution in [0.5, 0.6) is 5.75 Å². The summed E-state index contributed by atoms with van der Waals surface area (Å²) in [6, 6.07) is 12.4. The molecule has 0 N–H and O–H groups in total. The highest BCUT2D eigenvalue weighted by atomic mass is 16.5. The van der Waals surface area contributed by atoms with Gasteiger partial charge in [0.25, 0.3) is 11.8 Å². The maximum absolute atomic E-state index is 12.8. The average Bonchev–Trinajstić information content (AvgIpc) is 3.20. The van der Waals surface area contributed by atoms with Crippen molar-refractivity contribution in [3.63, 3.8) is 0 Å². The number of hydrogen-bond donors (Lipinski definition) is 0. The molecule has 0 aliphatic carbocycles. The average molecular weight is 365 g/mol. The predicted molar refractivity (Wildman–Crippen MR) is 98.8 cm³/mol. The first-order valence-electron chi connectivity index (χ1n) is 8.72. The van der Waals surface area contributed by atoms with Crippen molar-refractivity contribution in [2.45, 2.75) is 0 Å². The number of hydrogen-bond acceptors (Lipinski definition) is 5. The lowest BCUT2D eigenvalue weighted by Gasteiger charge is -2.35. The molecule has 7 nitrogen and oxygen atoms in total. The molecule has 2 amide bonds. The Bertz CT molecular complexity index is 990. The van der Waals surface area contributed by atoms with E-state index in [2.05, 4.69) is 4.98 Å². The van der Waals surface area contributed by atoms with Crippen molar-refractivity contribution < 1.29 is 18.7 Å². The van der Waals surface area contributed by atoms with Crippen molar-refractivity contribution >= 4 is 22.9 Å². The fourth-order valence-electron chi connectivity index (χ4n) is 3.28. The first-order chi connectivity index (χ1) is 13.2. The number of carbonyl (C=O) groups is 2. The number of para-hydroxylation sites is 1. The van der Waals surface area contributed by atoms with Crippen LogP contribution < -0.4 is 4.74 Å². The molecule has 1 saturated heterocycles. The maximum atomic E-state index is 12.8. The van der Waals surface area contributed by atoms with Crippen LogP contribution in [0.1, 0.15) is 20.7 Å². The van der Waals surface area contributed by atoms with E-state index in [1.165, 1.54) is 6.39 Å². The molecule has 0 atom stereocenters. The first-order valence-corrected chi connectivity index (χ1v) is 8.72. The lowest BCUT2D eigenvalue weighted by Crippen LogP contribution is -2.50. The van der Waals surface area contributed by atoms with Crippen molar-refractivity contribution in [1.29, 1.82) is 0 Å². The van der Waals surface area contributed by atoms with E-state index in [-0.39, 0.29) is 11.8 Å². The second kappa shape index (κ2) is 7.11. The number of amides is 2. The van der Waals surface area contributed by atoms with E-state index in [1.54, 1.807) is 47.2 Å². The molecule has 7 heteroatoms. The molecule has 0 spiro atoms. The predicted octanol–water partition coefficient (Wildman–Crippen LogP) is 2.43. The molecule has 138 valence electrons. The SMILES string of the molecule is COc1ccccc1C(=O)N1CCN(C(=O)c2ccc3ocnc3c2)CC1. The monoisotopic (exact) mass is 365 g/mol. The molecular weight excluding hydrogens is 346 g/mol. The zero-order valence-electron chi connectivity index (χ0n) is 14.9. The largest absolute Gasteiger partial charge is 0.496 e. The minimum atomic E-state index is -0.0800. The van der Waals surface area contributed by atoms with Gasteiger partial charge in [0.05, 0.1) is 12.7 Å². The molecule has 0 unspecified atom stereocenters. The number of nitrogens with zero attached hydrogens (tertiary/aromatic N) is 3. The first kappa shape index (κ1) is 17.1. The summed E-state index contributed by atoms with van der Waals surface area (Å²) in [5, 5.41) is 0. The van der Waals surface area contributed by atoms with E-state index in [0.717, 1.165) is 0 Å². The molecule has 2 heterocycles. The molecule has 27 heavy (non-hydrogen) atoms. The number of methoxy groups -OCH3 is 1. The minimum Gasteiger partial charge on any atom is -0.496 e. The Hall–Kier alpha value is -3.35. The summed E-state index contributed by atoms with van der Waals surface area (Å²) in [4.78, 5) is 33.1. The summed E-state index contributed by atoms with van der Waals surface area (Å²) in [5.74, 6) is 0.412. The van der Waals surface area contributed by atoms with Crippen molar-refractivity contribution in [2.75, 3.05) is 33.3 Å². The third-order valence-corrected chi connectivity index (χ3v) is 4.77. The van der Waals surface area contributed by atoms with E-state index in [1.807, 2.05) is 12.1 Å². The van der Waals surface area contributed by atoms with Gasteiger partial charge in [-0.15, -0.1) is 0 Å². The Labute approximate surface area is 156 Å². The van der Waals surface area contributed by atoms with Crippen LogP contribution in [0.2, 0.25) is 0 Å².